The van der Waals surface area contributed by atoms with E-state index in [9.17, 15) is 14.4 Å². The predicted molar refractivity (Wildman–Crippen MR) is 128 cm³/mol. The van der Waals surface area contributed by atoms with Crippen molar-refractivity contribution in [2.24, 2.45) is 0 Å². The van der Waals surface area contributed by atoms with Gasteiger partial charge in [-0.1, -0.05) is 12.1 Å². The van der Waals surface area contributed by atoms with Crippen molar-refractivity contribution < 1.29 is 23.9 Å². The van der Waals surface area contributed by atoms with E-state index in [4.69, 9.17) is 9.47 Å². The molecule has 2 aromatic rings. The average molecular weight is 474 g/mol. The lowest BCUT2D eigenvalue weighted by Crippen LogP contribution is -2.33. The summed E-state index contributed by atoms with van der Waals surface area (Å²) in [5, 5.41) is 5.76. The lowest BCUT2D eigenvalue weighted by atomic mass is 10.0. The first-order valence-corrected chi connectivity index (χ1v) is 12.0. The van der Waals surface area contributed by atoms with Crippen molar-refractivity contribution in [1.29, 1.82) is 0 Å². The predicted octanol–water partition coefficient (Wildman–Crippen LogP) is 3.77. The van der Waals surface area contributed by atoms with E-state index >= 15 is 0 Å². The fraction of sp³-hybridized carbons (Fsp3) is 0.458. The first kappa shape index (κ1) is 24.7. The summed E-state index contributed by atoms with van der Waals surface area (Å²) in [6, 6.07) is 8.14. The highest BCUT2D eigenvalue weighted by molar-refractivity contribution is 7.18. The van der Waals surface area contributed by atoms with Gasteiger partial charge in [0.15, 0.2) is 0 Å². The molecule has 1 aromatic heterocycles. The lowest BCUT2D eigenvalue weighted by Gasteiger charge is -2.24. The quantitative estimate of drug-likeness (QED) is 0.538. The van der Waals surface area contributed by atoms with E-state index < -0.39 is 5.97 Å². The molecule has 0 bridgehead atoms. The summed E-state index contributed by atoms with van der Waals surface area (Å²) in [5.74, 6) is -0.262. The van der Waals surface area contributed by atoms with Gasteiger partial charge in [-0.2, -0.15) is 0 Å². The van der Waals surface area contributed by atoms with Crippen LogP contribution in [0.1, 0.15) is 63.9 Å². The Labute approximate surface area is 198 Å². The zero-order valence-electron chi connectivity index (χ0n) is 19.5. The van der Waals surface area contributed by atoms with Gasteiger partial charge in [-0.25, -0.2) is 4.79 Å². The summed E-state index contributed by atoms with van der Waals surface area (Å²) in [5.41, 5.74) is 1.88. The van der Waals surface area contributed by atoms with Crippen LogP contribution in [0.15, 0.2) is 24.3 Å². The van der Waals surface area contributed by atoms with E-state index in [-0.39, 0.29) is 36.6 Å². The van der Waals surface area contributed by atoms with Gasteiger partial charge in [0.1, 0.15) is 10.8 Å². The van der Waals surface area contributed by atoms with Crippen LogP contribution in [-0.2, 0) is 9.53 Å². The van der Waals surface area contributed by atoms with Crippen molar-refractivity contribution in [3.05, 3.63) is 45.8 Å². The first-order chi connectivity index (χ1) is 15.9. The second-order valence-corrected chi connectivity index (χ2v) is 8.76. The molecule has 9 heteroatoms. The number of hydrogen-bond donors (Lipinski definition) is 2. The molecule has 1 atom stereocenters. The molecule has 2 amide bonds. The van der Waals surface area contributed by atoms with Gasteiger partial charge in [-0.15, -0.1) is 11.3 Å². The molecule has 0 radical (unpaired) electrons. The van der Waals surface area contributed by atoms with E-state index in [0.717, 1.165) is 42.0 Å². The normalized spacial score (nSPS) is 15.8. The summed E-state index contributed by atoms with van der Waals surface area (Å²) in [4.78, 5) is 40.2. The van der Waals surface area contributed by atoms with E-state index in [2.05, 4.69) is 15.5 Å². The molecule has 1 saturated heterocycles. The maximum atomic E-state index is 13.0. The van der Waals surface area contributed by atoms with Crippen molar-refractivity contribution >= 4 is 34.1 Å². The van der Waals surface area contributed by atoms with Crippen LogP contribution >= 0.6 is 11.3 Å². The SMILES string of the molecule is CCOC(=O)c1c(NC(=O)CN2CCCC2c2ccc(OCC)cc2)sc(C(=O)NC)c1C. The first-order valence-electron chi connectivity index (χ1n) is 11.2. The minimum absolute atomic E-state index is 0.141. The highest BCUT2D eigenvalue weighted by atomic mass is 32.1. The molecule has 1 aliphatic heterocycles. The number of rotatable bonds is 9. The van der Waals surface area contributed by atoms with Crippen LogP contribution in [0.2, 0.25) is 0 Å². The zero-order valence-corrected chi connectivity index (χ0v) is 20.3. The maximum Gasteiger partial charge on any atom is 0.341 e. The number of hydrogen-bond acceptors (Lipinski definition) is 7. The summed E-state index contributed by atoms with van der Waals surface area (Å²) >= 11 is 1.09. The average Bonchev–Trinajstić information content (AvgIpc) is 3.38. The largest absolute Gasteiger partial charge is 0.494 e. The van der Waals surface area contributed by atoms with Crippen LogP contribution < -0.4 is 15.4 Å². The molecule has 3 rings (SSSR count). The van der Waals surface area contributed by atoms with Gasteiger partial charge in [0, 0.05) is 13.1 Å². The molecule has 0 spiro atoms. The Kier molecular flexibility index (Phi) is 8.46. The molecule has 8 nitrogen and oxygen atoms in total. The molecule has 0 aliphatic carbocycles. The molecular formula is C24H31N3O5S. The third-order valence-corrected chi connectivity index (χ3v) is 6.80. The molecule has 33 heavy (non-hydrogen) atoms. The summed E-state index contributed by atoms with van der Waals surface area (Å²) in [6.07, 6.45) is 1.96. The van der Waals surface area contributed by atoms with Crippen LogP contribution in [0.5, 0.6) is 5.75 Å². The Morgan fingerprint density at radius 3 is 2.52 bits per heavy atom. The number of nitrogens with one attached hydrogen (secondary N) is 2. The molecule has 1 fully saturated rings. The zero-order chi connectivity index (χ0) is 24.0. The number of anilines is 1. The van der Waals surface area contributed by atoms with Crippen LogP contribution in [-0.4, -0.2) is 56.0 Å². The summed E-state index contributed by atoms with van der Waals surface area (Å²) < 4.78 is 10.7. The molecular weight excluding hydrogens is 442 g/mol. The Hall–Kier alpha value is -2.91. The molecule has 2 heterocycles. The number of carbonyl (C=O) groups is 3. The Bertz CT molecular complexity index is 1000. The maximum absolute atomic E-state index is 13.0. The van der Waals surface area contributed by atoms with Gasteiger partial charge in [0.2, 0.25) is 5.91 Å². The summed E-state index contributed by atoms with van der Waals surface area (Å²) in [7, 11) is 1.53. The number of likely N-dealkylation sites (tertiary alicyclic amines) is 1. The lowest BCUT2D eigenvalue weighted by molar-refractivity contribution is -0.117. The van der Waals surface area contributed by atoms with Crippen molar-refractivity contribution in [3.8, 4) is 5.75 Å². The van der Waals surface area contributed by atoms with E-state index in [1.54, 1.807) is 13.8 Å². The van der Waals surface area contributed by atoms with Gasteiger partial charge in [-0.05, 0) is 63.4 Å². The highest BCUT2D eigenvalue weighted by Gasteiger charge is 2.30. The van der Waals surface area contributed by atoms with Crippen molar-refractivity contribution in [2.75, 3.05) is 38.7 Å². The molecule has 0 saturated carbocycles. The Morgan fingerprint density at radius 2 is 1.88 bits per heavy atom. The number of nitrogens with zero attached hydrogens (tertiary/aromatic N) is 1. The van der Waals surface area contributed by atoms with Crippen molar-refractivity contribution in [3.63, 3.8) is 0 Å². The smallest absolute Gasteiger partial charge is 0.341 e. The Morgan fingerprint density at radius 1 is 1.15 bits per heavy atom. The second-order valence-electron chi connectivity index (χ2n) is 7.74. The molecule has 1 aromatic carbocycles. The van der Waals surface area contributed by atoms with E-state index in [1.165, 1.54) is 7.05 Å². The summed E-state index contributed by atoms with van der Waals surface area (Å²) in [6.45, 7) is 7.17. The fourth-order valence-corrected chi connectivity index (χ4v) is 5.23. The van der Waals surface area contributed by atoms with Gasteiger partial charge in [-0.3, -0.25) is 14.5 Å². The van der Waals surface area contributed by atoms with Crippen molar-refractivity contribution in [2.45, 2.75) is 39.7 Å². The van der Waals surface area contributed by atoms with Gasteiger partial charge in [0.25, 0.3) is 5.91 Å². The van der Waals surface area contributed by atoms with Crippen LogP contribution in [0.4, 0.5) is 5.00 Å². The van der Waals surface area contributed by atoms with E-state index in [0.29, 0.717) is 22.0 Å². The van der Waals surface area contributed by atoms with Crippen LogP contribution in [0, 0.1) is 6.92 Å². The minimum atomic E-state index is -0.551. The fourth-order valence-electron chi connectivity index (χ4n) is 4.08. The molecule has 2 N–H and O–H groups in total. The molecule has 1 unspecified atom stereocenters. The number of benzene rings is 1. The highest BCUT2D eigenvalue weighted by Crippen LogP contribution is 2.35. The molecule has 1 aliphatic rings. The van der Waals surface area contributed by atoms with Gasteiger partial charge >= 0.3 is 5.97 Å². The minimum Gasteiger partial charge on any atom is -0.494 e. The third kappa shape index (κ3) is 5.72. The second kappa shape index (κ2) is 11.3. The Balaban J connectivity index is 1.75. The van der Waals surface area contributed by atoms with E-state index in [1.807, 2.05) is 31.2 Å². The number of amides is 2. The van der Waals surface area contributed by atoms with Crippen LogP contribution in [0.3, 0.4) is 0 Å². The molecule has 178 valence electrons. The number of ether oxygens (including phenoxy) is 2. The number of esters is 1. The topological polar surface area (TPSA) is 97.0 Å². The number of carbonyl (C=O) groups excluding carboxylic acids is 3. The third-order valence-electron chi connectivity index (χ3n) is 5.60. The van der Waals surface area contributed by atoms with Crippen molar-refractivity contribution in [1.82, 2.24) is 10.2 Å². The monoisotopic (exact) mass is 473 g/mol. The van der Waals surface area contributed by atoms with Gasteiger partial charge < -0.3 is 20.1 Å². The standard InChI is InChI=1S/C24H31N3O5S/c1-5-31-17-11-9-16(10-12-17)18-8-7-13-27(18)14-19(28)26-23-20(24(30)32-6-2)15(3)21(33-23)22(29)25-4/h9-12,18H,5-8,13-14H2,1-4H3,(H,25,29)(H,26,28). The van der Waals surface area contributed by atoms with Gasteiger partial charge in [0.05, 0.1) is 30.2 Å². The number of thiophene rings is 1. The van der Waals surface area contributed by atoms with Crippen LogP contribution in [0.25, 0.3) is 0 Å².